The molecule has 0 N–H and O–H groups in total. The highest BCUT2D eigenvalue weighted by Crippen LogP contribution is 2.59. The first-order chi connectivity index (χ1) is 4.73. The third-order valence-electron chi connectivity index (χ3n) is 0.566. The van der Waals surface area contributed by atoms with Crippen molar-refractivity contribution in [3.05, 3.63) is 30.6 Å². The number of halogens is 3. The summed E-state index contributed by atoms with van der Waals surface area (Å²) in [5.74, 6) is 0. The highest BCUT2D eigenvalue weighted by molar-refractivity contribution is 9.93. The van der Waals surface area contributed by atoms with Crippen molar-refractivity contribution in [2.45, 2.75) is 0 Å². The molecule has 10 heavy (non-hydrogen) atoms. The van der Waals surface area contributed by atoms with Gasteiger partial charge in [-0.15, -0.1) is 0 Å². The molecule has 0 amide bonds. The topological polar surface area (TPSA) is 12.9 Å². The van der Waals surface area contributed by atoms with E-state index in [1.54, 1.807) is 12.4 Å². The van der Waals surface area contributed by atoms with Crippen molar-refractivity contribution in [3.63, 3.8) is 0 Å². The minimum Gasteiger partial charge on any atom is -0.265 e. The van der Waals surface area contributed by atoms with Crippen LogP contribution in [0.2, 0.25) is 0 Å². The molecule has 5 heteroatoms. The third-order valence-corrected chi connectivity index (χ3v) is 0.566. The van der Waals surface area contributed by atoms with Gasteiger partial charge in [0, 0.05) is 12.4 Å². The highest BCUT2D eigenvalue weighted by Gasteiger charge is 1.77. The van der Waals surface area contributed by atoms with E-state index in [0.29, 0.717) is 0 Å². The number of pyridine rings is 1. The van der Waals surface area contributed by atoms with Crippen LogP contribution in [0.5, 0.6) is 0 Å². The number of hydrogen-bond donors (Lipinski definition) is 0. The Morgan fingerprint density at radius 2 is 1.30 bits per heavy atom. The van der Waals surface area contributed by atoms with E-state index in [9.17, 15) is 0 Å². The maximum absolute atomic E-state index is 3.78. The zero-order valence-corrected chi connectivity index (χ0v) is 10.6. The lowest BCUT2D eigenvalue weighted by atomic mass is 10.5. The van der Waals surface area contributed by atoms with Gasteiger partial charge in [-0.25, -0.2) is 0 Å². The molecule has 1 nitrogen and oxygen atoms in total. The van der Waals surface area contributed by atoms with Gasteiger partial charge in [0.25, 0.3) is 0 Å². The summed E-state index contributed by atoms with van der Waals surface area (Å²) in [5.41, 5.74) is 0. The summed E-state index contributed by atoms with van der Waals surface area (Å²) in [4.78, 5) is 3.78. The van der Waals surface area contributed by atoms with Gasteiger partial charge < -0.3 is 0 Å². The van der Waals surface area contributed by atoms with Crippen LogP contribution in [0.25, 0.3) is 0 Å². The summed E-state index contributed by atoms with van der Waals surface area (Å²) >= 11 is 9.51. The molecule has 1 rings (SSSR count). The Morgan fingerprint density at radius 1 is 0.900 bits per heavy atom. The lowest BCUT2D eigenvalue weighted by Crippen LogP contribution is -1.58. The second kappa shape index (κ2) is 8.12. The Hall–Kier alpha value is 1.02. The molecule has 0 aromatic carbocycles. The van der Waals surface area contributed by atoms with Gasteiger partial charge in [-0.05, 0) is 58.6 Å². The monoisotopic (exact) mass is 347 g/mol. The fraction of sp³-hybridized carbons (Fsp3) is 0. The highest BCUT2D eigenvalue weighted by atomic mass is 80.0. The average molecular weight is 350 g/mol. The zero-order chi connectivity index (χ0) is 7.82. The van der Waals surface area contributed by atoms with Gasteiger partial charge in [-0.2, -0.15) is 0 Å². The van der Waals surface area contributed by atoms with Crippen LogP contribution >= 0.6 is 50.5 Å². The Kier molecular flexibility index (Phi) is 8.95. The summed E-state index contributed by atoms with van der Waals surface area (Å²) < 4.78 is -0.183. The van der Waals surface area contributed by atoms with E-state index < -0.39 is 0 Å². The third kappa shape index (κ3) is 11.8. The standard InChI is InChI=1S/C5H5N.Br3P/c1-2-4-6-5-3-1;1-4(2)3/h1-5H;. The molecular weight excluding hydrogens is 345 g/mol. The first-order valence-electron chi connectivity index (χ1n) is 2.36. The van der Waals surface area contributed by atoms with Crippen LogP contribution < -0.4 is 0 Å². The predicted octanol–water partition coefficient (Wildman–Crippen LogP) is 4.48. The van der Waals surface area contributed by atoms with Gasteiger partial charge in [0.15, 0.2) is 0 Å². The molecule has 0 aliphatic rings. The minimum absolute atomic E-state index is 0.183. The molecule has 0 unspecified atom stereocenters. The number of hydrogen-bond acceptors (Lipinski definition) is 1. The SMILES string of the molecule is BrP(Br)Br.c1ccncc1. The number of aromatic nitrogens is 1. The molecule has 0 spiro atoms. The maximum Gasteiger partial charge on any atom is 0.103 e. The summed E-state index contributed by atoms with van der Waals surface area (Å²) in [5, 5.41) is 0. The zero-order valence-electron chi connectivity index (χ0n) is 4.92. The predicted molar refractivity (Wildman–Crippen MR) is 57.9 cm³/mol. The molecule has 0 atom stereocenters. The van der Waals surface area contributed by atoms with E-state index in [-0.39, 0.29) is 4.03 Å². The van der Waals surface area contributed by atoms with Crippen molar-refractivity contribution in [3.8, 4) is 0 Å². The van der Waals surface area contributed by atoms with Crippen molar-refractivity contribution in [1.29, 1.82) is 0 Å². The summed E-state index contributed by atoms with van der Waals surface area (Å²) in [7, 11) is 0. The smallest absolute Gasteiger partial charge is 0.103 e. The lowest BCUT2D eigenvalue weighted by molar-refractivity contribution is 1.33. The first kappa shape index (κ1) is 11.0. The van der Waals surface area contributed by atoms with Crippen molar-refractivity contribution in [2.24, 2.45) is 0 Å². The molecule has 0 radical (unpaired) electrons. The van der Waals surface area contributed by atoms with E-state index in [1.807, 2.05) is 18.2 Å². The molecule has 1 aromatic heterocycles. The van der Waals surface area contributed by atoms with Crippen LogP contribution in [0.3, 0.4) is 0 Å². The van der Waals surface area contributed by atoms with Crippen molar-refractivity contribution in [2.75, 3.05) is 0 Å². The fourth-order valence-electron chi connectivity index (χ4n) is 0.313. The summed E-state index contributed by atoms with van der Waals surface area (Å²) in [6.45, 7) is 0. The van der Waals surface area contributed by atoms with Crippen LogP contribution in [0, 0.1) is 0 Å². The van der Waals surface area contributed by atoms with E-state index in [1.165, 1.54) is 0 Å². The second-order valence-corrected chi connectivity index (χ2v) is 16.5. The maximum atomic E-state index is 3.78. The van der Waals surface area contributed by atoms with Crippen LogP contribution in [-0.2, 0) is 0 Å². The van der Waals surface area contributed by atoms with Gasteiger partial charge >= 0.3 is 0 Å². The van der Waals surface area contributed by atoms with Crippen LogP contribution in [0.15, 0.2) is 30.6 Å². The number of rotatable bonds is 0. The Balaban J connectivity index is 0.000000180. The van der Waals surface area contributed by atoms with Crippen molar-refractivity contribution < 1.29 is 0 Å². The van der Waals surface area contributed by atoms with Gasteiger partial charge in [0.1, 0.15) is 4.03 Å². The molecule has 0 aliphatic heterocycles. The average Bonchev–Trinajstić information content (AvgIpc) is 1.90. The molecule has 56 valence electrons. The van der Waals surface area contributed by atoms with E-state index in [4.69, 9.17) is 0 Å². The van der Waals surface area contributed by atoms with Gasteiger partial charge in [0.2, 0.25) is 0 Å². The molecule has 1 aromatic rings. The normalized spacial score (nSPS) is 8.40. The summed E-state index contributed by atoms with van der Waals surface area (Å²) in [6, 6.07) is 5.72. The molecule has 0 saturated heterocycles. The molecule has 0 fully saturated rings. The largest absolute Gasteiger partial charge is 0.265 e. The molecule has 0 aliphatic carbocycles. The van der Waals surface area contributed by atoms with Crippen LogP contribution in [0.4, 0.5) is 0 Å². The number of nitrogens with zero attached hydrogens (tertiary/aromatic N) is 1. The lowest BCUT2D eigenvalue weighted by Gasteiger charge is -1.70. The molecular formula is C5H5Br3NP. The van der Waals surface area contributed by atoms with E-state index in [0.717, 1.165) is 0 Å². The van der Waals surface area contributed by atoms with E-state index in [2.05, 4.69) is 51.5 Å². The van der Waals surface area contributed by atoms with Gasteiger partial charge in [-0.3, -0.25) is 4.98 Å². The Morgan fingerprint density at radius 3 is 1.40 bits per heavy atom. The quantitative estimate of drug-likeness (QED) is 0.629. The molecule has 0 bridgehead atoms. The Labute approximate surface area is 85.6 Å². The second-order valence-electron chi connectivity index (χ2n) is 1.22. The minimum atomic E-state index is -0.183. The molecule has 1 heterocycles. The summed E-state index contributed by atoms with van der Waals surface area (Å²) in [6.07, 6.45) is 3.50. The first-order valence-corrected chi connectivity index (χ1v) is 9.75. The van der Waals surface area contributed by atoms with E-state index >= 15 is 0 Å². The Bertz CT molecular complexity index is 117. The van der Waals surface area contributed by atoms with Gasteiger partial charge in [-0.1, -0.05) is 6.07 Å². The molecule has 0 saturated carbocycles. The van der Waals surface area contributed by atoms with Crippen molar-refractivity contribution in [1.82, 2.24) is 4.98 Å². The van der Waals surface area contributed by atoms with Crippen LogP contribution in [0.1, 0.15) is 0 Å². The fourth-order valence-corrected chi connectivity index (χ4v) is 0.313. The van der Waals surface area contributed by atoms with Gasteiger partial charge in [0.05, 0.1) is 0 Å². The van der Waals surface area contributed by atoms with Crippen LogP contribution in [-0.4, -0.2) is 4.98 Å². The van der Waals surface area contributed by atoms with Crippen molar-refractivity contribution >= 4 is 50.5 Å².